The maximum atomic E-state index is 13.7. The second-order valence-corrected chi connectivity index (χ2v) is 5.60. The van der Waals surface area contributed by atoms with E-state index >= 15 is 0 Å². The quantitative estimate of drug-likeness (QED) is 0.870. The average molecular weight is 280 g/mol. The number of rotatable bonds is 5. The SMILES string of the molecule is CCCC[C@@H](c1cc(F)cc(C)c1O)N1CCNCC1. The number of piperazine rings is 1. The van der Waals surface area contributed by atoms with Gasteiger partial charge in [0.15, 0.2) is 0 Å². The molecule has 0 aromatic heterocycles. The van der Waals surface area contributed by atoms with Crippen molar-refractivity contribution in [1.82, 2.24) is 10.2 Å². The average Bonchev–Trinajstić information content (AvgIpc) is 2.45. The molecule has 1 atom stereocenters. The molecule has 1 aliphatic heterocycles. The number of aromatic hydroxyl groups is 1. The number of phenols is 1. The second-order valence-electron chi connectivity index (χ2n) is 5.60. The van der Waals surface area contributed by atoms with E-state index in [0.717, 1.165) is 51.0 Å². The van der Waals surface area contributed by atoms with Gasteiger partial charge in [-0.05, 0) is 31.0 Å². The van der Waals surface area contributed by atoms with E-state index in [4.69, 9.17) is 0 Å². The Morgan fingerprint density at radius 3 is 2.70 bits per heavy atom. The molecule has 0 radical (unpaired) electrons. The summed E-state index contributed by atoms with van der Waals surface area (Å²) in [6.07, 6.45) is 3.16. The highest BCUT2D eigenvalue weighted by atomic mass is 19.1. The fourth-order valence-electron chi connectivity index (χ4n) is 2.94. The van der Waals surface area contributed by atoms with Crippen LogP contribution in [0.1, 0.15) is 43.4 Å². The van der Waals surface area contributed by atoms with Crippen molar-refractivity contribution in [2.45, 2.75) is 39.2 Å². The van der Waals surface area contributed by atoms with Gasteiger partial charge in [-0.3, -0.25) is 4.90 Å². The Morgan fingerprint density at radius 2 is 2.05 bits per heavy atom. The van der Waals surface area contributed by atoms with E-state index in [9.17, 15) is 9.50 Å². The van der Waals surface area contributed by atoms with E-state index in [0.29, 0.717) is 5.56 Å². The van der Waals surface area contributed by atoms with E-state index in [1.807, 2.05) is 0 Å². The summed E-state index contributed by atoms with van der Waals surface area (Å²) in [5, 5.41) is 13.6. The van der Waals surface area contributed by atoms with E-state index in [1.165, 1.54) is 12.1 Å². The number of aryl methyl sites for hydroxylation is 1. The Hall–Kier alpha value is -1.13. The van der Waals surface area contributed by atoms with Crippen molar-refractivity contribution in [1.29, 1.82) is 0 Å². The van der Waals surface area contributed by atoms with E-state index < -0.39 is 0 Å². The Kier molecular flexibility index (Phi) is 5.38. The van der Waals surface area contributed by atoms with Crippen LogP contribution in [0.5, 0.6) is 5.75 Å². The Balaban J connectivity index is 2.29. The number of unbranched alkanes of at least 4 members (excludes halogenated alkanes) is 1. The van der Waals surface area contributed by atoms with Gasteiger partial charge in [-0.2, -0.15) is 0 Å². The lowest BCUT2D eigenvalue weighted by molar-refractivity contribution is 0.160. The van der Waals surface area contributed by atoms with Crippen molar-refractivity contribution in [3.8, 4) is 5.75 Å². The zero-order chi connectivity index (χ0) is 14.5. The van der Waals surface area contributed by atoms with Crippen LogP contribution in [0, 0.1) is 12.7 Å². The first-order chi connectivity index (χ1) is 9.63. The van der Waals surface area contributed by atoms with Gasteiger partial charge >= 0.3 is 0 Å². The van der Waals surface area contributed by atoms with Crippen molar-refractivity contribution in [3.05, 3.63) is 29.1 Å². The molecule has 1 saturated heterocycles. The predicted octanol–water partition coefficient (Wildman–Crippen LogP) is 2.98. The molecule has 1 fully saturated rings. The molecule has 2 rings (SSSR count). The summed E-state index contributed by atoms with van der Waals surface area (Å²) in [5.74, 6) is -0.00188. The van der Waals surface area contributed by atoms with Gasteiger partial charge in [0.25, 0.3) is 0 Å². The molecule has 0 unspecified atom stereocenters. The standard InChI is InChI=1S/C16H25FN2O/c1-3-4-5-15(19-8-6-18-7-9-19)14-11-13(17)10-12(2)16(14)20/h10-11,15,18,20H,3-9H2,1-2H3/t15-/m0/s1. The minimum atomic E-state index is -0.257. The van der Waals surface area contributed by atoms with E-state index in [-0.39, 0.29) is 17.6 Å². The lowest BCUT2D eigenvalue weighted by Crippen LogP contribution is -2.45. The van der Waals surface area contributed by atoms with Crippen LogP contribution in [0.25, 0.3) is 0 Å². The molecule has 1 aliphatic rings. The summed E-state index contributed by atoms with van der Waals surface area (Å²) in [6.45, 7) is 7.73. The number of halogens is 1. The Morgan fingerprint density at radius 1 is 1.35 bits per heavy atom. The maximum Gasteiger partial charge on any atom is 0.124 e. The van der Waals surface area contributed by atoms with Crippen LogP contribution in [-0.2, 0) is 0 Å². The highest BCUT2D eigenvalue weighted by Crippen LogP contribution is 2.35. The molecule has 2 N–H and O–H groups in total. The molecule has 0 saturated carbocycles. The van der Waals surface area contributed by atoms with Crippen LogP contribution >= 0.6 is 0 Å². The number of benzene rings is 1. The van der Waals surface area contributed by atoms with Crippen molar-refractivity contribution in [2.24, 2.45) is 0 Å². The third-order valence-electron chi connectivity index (χ3n) is 4.08. The zero-order valence-corrected chi connectivity index (χ0v) is 12.5. The van der Waals surface area contributed by atoms with Gasteiger partial charge < -0.3 is 10.4 Å². The first kappa shape index (κ1) is 15.3. The summed E-state index contributed by atoms with van der Waals surface area (Å²) in [6, 6.07) is 3.02. The van der Waals surface area contributed by atoms with Crippen LogP contribution in [0.3, 0.4) is 0 Å². The number of hydrogen-bond acceptors (Lipinski definition) is 3. The number of hydrogen-bond donors (Lipinski definition) is 2. The van der Waals surface area contributed by atoms with Crippen molar-refractivity contribution in [3.63, 3.8) is 0 Å². The number of phenolic OH excluding ortho intramolecular Hbond substituents is 1. The van der Waals surface area contributed by atoms with Gasteiger partial charge in [0, 0.05) is 37.8 Å². The van der Waals surface area contributed by atoms with Crippen molar-refractivity contribution >= 4 is 0 Å². The molecule has 1 heterocycles. The molecule has 0 spiro atoms. The molecule has 1 aromatic carbocycles. The van der Waals surface area contributed by atoms with Crippen molar-refractivity contribution < 1.29 is 9.50 Å². The molecule has 0 bridgehead atoms. The smallest absolute Gasteiger partial charge is 0.124 e. The molecular weight excluding hydrogens is 255 g/mol. The van der Waals surface area contributed by atoms with Gasteiger partial charge in [0.1, 0.15) is 11.6 Å². The van der Waals surface area contributed by atoms with E-state index in [1.54, 1.807) is 6.92 Å². The second kappa shape index (κ2) is 7.04. The first-order valence-corrected chi connectivity index (χ1v) is 7.57. The molecule has 0 amide bonds. The number of nitrogens with one attached hydrogen (secondary N) is 1. The van der Waals surface area contributed by atoms with Gasteiger partial charge in [-0.25, -0.2) is 4.39 Å². The van der Waals surface area contributed by atoms with E-state index in [2.05, 4.69) is 17.1 Å². The summed E-state index contributed by atoms with van der Waals surface area (Å²) in [4.78, 5) is 2.36. The van der Waals surface area contributed by atoms with Crippen LogP contribution in [0.2, 0.25) is 0 Å². The summed E-state index contributed by atoms with van der Waals surface area (Å²) in [5.41, 5.74) is 1.37. The fourth-order valence-corrected chi connectivity index (χ4v) is 2.94. The number of nitrogens with zero attached hydrogens (tertiary/aromatic N) is 1. The van der Waals surface area contributed by atoms with Gasteiger partial charge in [-0.15, -0.1) is 0 Å². The molecule has 0 aliphatic carbocycles. The molecular formula is C16H25FN2O. The maximum absolute atomic E-state index is 13.7. The molecule has 20 heavy (non-hydrogen) atoms. The highest BCUT2D eigenvalue weighted by Gasteiger charge is 2.25. The third kappa shape index (κ3) is 3.49. The lowest BCUT2D eigenvalue weighted by Gasteiger charge is -2.35. The van der Waals surface area contributed by atoms with Crippen molar-refractivity contribution in [2.75, 3.05) is 26.2 Å². The van der Waals surface area contributed by atoms with Gasteiger partial charge in [0.05, 0.1) is 0 Å². The van der Waals surface area contributed by atoms with Crippen LogP contribution in [-0.4, -0.2) is 36.2 Å². The Bertz CT molecular complexity index is 444. The summed E-state index contributed by atoms with van der Waals surface area (Å²) in [7, 11) is 0. The minimum Gasteiger partial charge on any atom is -0.507 e. The molecule has 4 heteroatoms. The molecule has 112 valence electrons. The third-order valence-corrected chi connectivity index (χ3v) is 4.08. The molecule has 3 nitrogen and oxygen atoms in total. The molecule has 1 aromatic rings. The predicted molar refractivity (Wildman–Crippen MR) is 79.5 cm³/mol. The first-order valence-electron chi connectivity index (χ1n) is 7.57. The normalized spacial score (nSPS) is 18.1. The topological polar surface area (TPSA) is 35.5 Å². The Labute approximate surface area is 120 Å². The fraction of sp³-hybridized carbons (Fsp3) is 0.625. The van der Waals surface area contributed by atoms with Crippen LogP contribution in [0.15, 0.2) is 12.1 Å². The lowest BCUT2D eigenvalue weighted by atomic mass is 9.96. The minimum absolute atomic E-state index is 0.117. The monoisotopic (exact) mass is 280 g/mol. The van der Waals surface area contributed by atoms with Crippen LogP contribution in [0.4, 0.5) is 4.39 Å². The van der Waals surface area contributed by atoms with Gasteiger partial charge in [0.2, 0.25) is 0 Å². The van der Waals surface area contributed by atoms with Gasteiger partial charge in [-0.1, -0.05) is 19.8 Å². The van der Waals surface area contributed by atoms with Crippen LogP contribution < -0.4 is 5.32 Å². The summed E-state index contributed by atoms with van der Waals surface area (Å²) >= 11 is 0. The largest absolute Gasteiger partial charge is 0.507 e. The highest BCUT2D eigenvalue weighted by molar-refractivity contribution is 5.42. The zero-order valence-electron chi connectivity index (χ0n) is 12.5. The summed E-state index contributed by atoms with van der Waals surface area (Å²) < 4.78 is 13.7.